The number of amides is 1. The molecule has 0 aromatic carbocycles. The molecule has 1 rings (SSSR count). The second-order valence-electron chi connectivity index (χ2n) is 5.98. The summed E-state index contributed by atoms with van der Waals surface area (Å²) in [6.45, 7) is 7.29. The first kappa shape index (κ1) is 18.3. The molecule has 1 saturated heterocycles. The van der Waals surface area contributed by atoms with E-state index in [0.29, 0.717) is 11.4 Å². The first-order valence-electron chi connectivity index (χ1n) is 7.91. The van der Waals surface area contributed by atoms with Gasteiger partial charge < -0.3 is 15.5 Å². The number of hydrogen-bond donors (Lipinski definition) is 1. The van der Waals surface area contributed by atoms with Gasteiger partial charge in [0.1, 0.15) is 0 Å². The van der Waals surface area contributed by atoms with E-state index < -0.39 is 0 Å². The summed E-state index contributed by atoms with van der Waals surface area (Å²) in [5, 5.41) is 0. The van der Waals surface area contributed by atoms with Gasteiger partial charge in [-0.05, 0) is 19.4 Å². The maximum absolute atomic E-state index is 11.5. The molecule has 1 atom stereocenters. The van der Waals surface area contributed by atoms with Crippen molar-refractivity contribution in [2.75, 3.05) is 46.8 Å². The van der Waals surface area contributed by atoms with Crippen LogP contribution in [0.4, 0.5) is 0 Å². The standard InChI is InChI=1S/C15H30N4OS/c1-4-6-13(15(16)21)19-11-9-18(10-12-19)8-5-7-14(20)17(2)3/h13H,4-12H2,1-3H3,(H2,16,21). The Hall–Kier alpha value is -0.720. The molecule has 6 heteroatoms. The predicted molar refractivity (Wildman–Crippen MR) is 91.4 cm³/mol. The number of carbonyl (C=O) groups is 1. The van der Waals surface area contributed by atoms with Gasteiger partial charge in [0, 0.05) is 46.7 Å². The van der Waals surface area contributed by atoms with Crippen LogP contribution in [-0.4, -0.2) is 78.5 Å². The van der Waals surface area contributed by atoms with E-state index in [-0.39, 0.29) is 11.9 Å². The molecule has 1 heterocycles. The molecule has 0 aliphatic carbocycles. The molecule has 21 heavy (non-hydrogen) atoms. The molecular formula is C15H30N4OS. The van der Waals surface area contributed by atoms with Crippen LogP contribution in [0.5, 0.6) is 0 Å². The van der Waals surface area contributed by atoms with E-state index >= 15 is 0 Å². The summed E-state index contributed by atoms with van der Waals surface area (Å²) in [5.74, 6) is 0.213. The Labute approximate surface area is 134 Å². The van der Waals surface area contributed by atoms with Crippen LogP contribution in [-0.2, 0) is 4.79 Å². The van der Waals surface area contributed by atoms with Crippen LogP contribution in [0.15, 0.2) is 0 Å². The first-order valence-corrected chi connectivity index (χ1v) is 8.32. The van der Waals surface area contributed by atoms with Crippen molar-refractivity contribution in [2.45, 2.75) is 38.6 Å². The van der Waals surface area contributed by atoms with Gasteiger partial charge in [0.05, 0.1) is 11.0 Å². The molecule has 0 bridgehead atoms. The van der Waals surface area contributed by atoms with Gasteiger partial charge in [-0.25, -0.2) is 0 Å². The van der Waals surface area contributed by atoms with Crippen LogP contribution in [0.3, 0.4) is 0 Å². The molecule has 0 aromatic rings. The van der Waals surface area contributed by atoms with Crippen molar-refractivity contribution in [3.8, 4) is 0 Å². The fourth-order valence-corrected chi connectivity index (χ4v) is 3.02. The Morgan fingerprint density at radius 2 is 1.90 bits per heavy atom. The van der Waals surface area contributed by atoms with Crippen molar-refractivity contribution in [3.63, 3.8) is 0 Å². The van der Waals surface area contributed by atoms with Gasteiger partial charge in [0.25, 0.3) is 0 Å². The average molecular weight is 314 g/mol. The molecule has 1 aliphatic rings. The third kappa shape index (κ3) is 6.28. The monoisotopic (exact) mass is 314 g/mol. The van der Waals surface area contributed by atoms with Crippen LogP contribution in [0, 0.1) is 0 Å². The van der Waals surface area contributed by atoms with E-state index in [1.165, 1.54) is 0 Å². The predicted octanol–water partition coefficient (Wildman–Crippen LogP) is 0.927. The van der Waals surface area contributed by atoms with E-state index in [1.807, 2.05) is 14.1 Å². The van der Waals surface area contributed by atoms with Crippen molar-refractivity contribution < 1.29 is 4.79 Å². The number of nitrogens with two attached hydrogens (primary N) is 1. The van der Waals surface area contributed by atoms with Crippen LogP contribution in [0.1, 0.15) is 32.6 Å². The Balaban J connectivity index is 2.28. The third-order valence-electron chi connectivity index (χ3n) is 4.10. The molecule has 1 aliphatic heterocycles. The molecule has 0 spiro atoms. The number of nitrogens with zero attached hydrogens (tertiary/aromatic N) is 3. The van der Waals surface area contributed by atoms with Crippen molar-refractivity contribution in [3.05, 3.63) is 0 Å². The normalized spacial score (nSPS) is 18.4. The minimum atomic E-state index is 0.213. The molecular weight excluding hydrogens is 284 g/mol. The maximum Gasteiger partial charge on any atom is 0.222 e. The van der Waals surface area contributed by atoms with E-state index in [4.69, 9.17) is 18.0 Å². The van der Waals surface area contributed by atoms with Gasteiger partial charge in [-0.15, -0.1) is 0 Å². The zero-order valence-electron chi connectivity index (χ0n) is 13.7. The Morgan fingerprint density at radius 1 is 1.29 bits per heavy atom. The van der Waals surface area contributed by atoms with E-state index in [0.717, 1.165) is 52.0 Å². The highest BCUT2D eigenvalue weighted by Gasteiger charge is 2.24. The van der Waals surface area contributed by atoms with Gasteiger partial charge in [0.2, 0.25) is 5.91 Å². The van der Waals surface area contributed by atoms with Crippen molar-refractivity contribution >= 4 is 23.1 Å². The molecule has 1 unspecified atom stereocenters. The summed E-state index contributed by atoms with van der Waals surface area (Å²) in [4.78, 5) is 18.7. The summed E-state index contributed by atoms with van der Waals surface area (Å²) in [6.07, 6.45) is 3.73. The molecule has 0 radical (unpaired) electrons. The molecule has 1 fully saturated rings. The van der Waals surface area contributed by atoms with Crippen LogP contribution >= 0.6 is 12.2 Å². The summed E-state index contributed by atoms with van der Waals surface area (Å²) >= 11 is 5.20. The zero-order valence-corrected chi connectivity index (χ0v) is 14.5. The quantitative estimate of drug-likeness (QED) is 0.676. The van der Waals surface area contributed by atoms with E-state index in [2.05, 4.69) is 16.7 Å². The topological polar surface area (TPSA) is 52.8 Å². The SMILES string of the molecule is CCCC(C(N)=S)N1CCN(CCCC(=O)N(C)C)CC1. The summed E-state index contributed by atoms with van der Waals surface area (Å²) in [7, 11) is 3.62. The van der Waals surface area contributed by atoms with Gasteiger partial charge in [0.15, 0.2) is 0 Å². The summed E-state index contributed by atoms with van der Waals surface area (Å²) in [5.41, 5.74) is 5.86. The highest BCUT2D eigenvalue weighted by atomic mass is 32.1. The number of hydrogen-bond acceptors (Lipinski definition) is 4. The van der Waals surface area contributed by atoms with Gasteiger partial charge in [-0.1, -0.05) is 25.6 Å². The fourth-order valence-electron chi connectivity index (χ4n) is 2.75. The fraction of sp³-hybridized carbons (Fsp3) is 0.867. The van der Waals surface area contributed by atoms with Crippen molar-refractivity contribution in [1.82, 2.24) is 14.7 Å². The van der Waals surface area contributed by atoms with Crippen LogP contribution in [0.25, 0.3) is 0 Å². The molecule has 0 saturated carbocycles. The van der Waals surface area contributed by atoms with Crippen LogP contribution < -0.4 is 5.73 Å². The van der Waals surface area contributed by atoms with E-state index in [9.17, 15) is 4.79 Å². The Kier molecular flexibility index (Phi) is 8.14. The summed E-state index contributed by atoms with van der Waals surface area (Å²) < 4.78 is 0. The second-order valence-corrected chi connectivity index (χ2v) is 6.45. The lowest BCUT2D eigenvalue weighted by atomic mass is 10.1. The molecule has 0 aromatic heterocycles. The van der Waals surface area contributed by atoms with Crippen molar-refractivity contribution in [1.29, 1.82) is 0 Å². The highest BCUT2D eigenvalue weighted by molar-refractivity contribution is 7.80. The lowest BCUT2D eigenvalue weighted by Gasteiger charge is -2.39. The minimum Gasteiger partial charge on any atom is -0.392 e. The number of piperazine rings is 1. The molecule has 122 valence electrons. The molecule has 2 N–H and O–H groups in total. The van der Waals surface area contributed by atoms with Gasteiger partial charge in [-0.2, -0.15) is 0 Å². The largest absolute Gasteiger partial charge is 0.392 e. The lowest BCUT2D eigenvalue weighted by molar-refractivity contribution is -0.128. The number of thiocarbonyl (C=S) groups is 1. The Bertz CT molecular complexity index is 341. The highest BCUT2D eigenvalue weighted by Crippen LogP contribution is 2.12. The van der Waals surface area contributed by atoms with E-state index in [1.54, 1.807) is 4.90 Å². The second kappa shape index (κ2) is 9.33. The minimum absolute atomic E-state index is 0.213. The van der Waals surface area contributed by atoms with Gasteiger partial charge >= 0.3 is 0 Å². The third-order valence-corrected chi connectivity index (χ3v) is 4.37. The maximum atomic E-state index is 11.5. The smallest absolute Gasteiger partial charge is 0.222 e. The van der Waals surface area contributed by atoms with Crippen molar-refractivity contribution in [2.24, 2.45) is 5.73 Å². The molecule has 5 nitrogen and oxygen atoms in total. The first-order chi connectivity index (χ1) is 9.95. The molecule has 1 amide bonds. The summed E-state index contributed by atoms with van der Waals surface area (Å²) in [6, 6.07) is 0.252. The van der Waals surface area contributed by atoms with Gasteiger partial charge in [-0.3, -0.25) is 9.69 Å². The average Bonchev–Trinajstić information content (AvgIpc) is 2.45. The number of carbonyl (C=O) groups excluding carboxylic acids is 1. The Morgan fingerprint density at radius 3 is 2.38 bits per heavy atom. The lowest BCUT2D eigenvalue weighted by Crippen LogP contribution is -2.53. The zero-order chi connectivity index (χ0) is 15.8. The van der Waals surface area contributed by atoms with Crippen LogP contribution in [0.2, 0.25) is 0 Å². The number of rotatable bonds is 8.